The van der Waals surface area contributed by atoms with Gasteiger partial charge < -0.3 is 10.2 Å². The lowest BCUT2D eigenvalue weighted by atomic mass is 9.94. The molecule has 0 spiro atoms. The number of amides is 2. The third kappa shape index (κ3) is 8.85. The van der Waals surface area contributed by atoms with Crippen LogP contribution in [0.3, 0.4) is 0 Å². The molecule has 1 N–H and O–H groups in total. The van der Waals surface area contributed by atoms with E-state index in [1.54, 1.807) is 35.2 Å². The van der Waals surface area contributed by atoms with Crippen LogP contribution in [0.25, 0.3) is 0 Å². The van der Waals surface area contributed by atoms with Crippen LogP contribution >= 0.6 is 11.6 Å². The lowest BCUT2D eigenvalue weighted by molar-refractivity contribution is -0.140. The lowest BCUT2D eigenvalue weighted by Crippen LogP contribution is -2.55. The van der Waals surface area contributed by atoms with Gasteiger partial charge in [-0.1, -0.05) is 115 Å². The van der Waals surface area contributed by atoms with Crippen molar-refractivity contribution in [3.63, 3.8) is 0 Å². The Labute approximate surface area is 290 Å². The molecule has 1 atom stereocenters. The molecule has 9 heteroatoms. The number of hydrogen-bond donors (Lipinski definition) is 1. The average Bonchev–Trinajstić information content (AvgIpc) is 3.08. The first-order valence-electron chi connectivity index (χ1n) is 16.6. The largest absolute Gasteiger partial charge is 0.352 e. The van der Waals surface area contributed by atoms with Crippen molar-refractivity contribution in [3.05, 3.63) is 130 Å². The molecule has 5 rings (SSSR count). The highest BCUT2D eigenvalue weighted by atomic mass is 35.5. The second-order valence-corrected chi connectivity index (χ2v) is 15.1. The van der Waals surface area contributed by atoms with Gasteiger partial charge in [-0.25, -0.2) is 8.42 Å². The number of carbonyl (C=O) groups is 2. The van der Waals surface area contributed by atoms with Crippen molar-refractivity contribution < 1.29 is 18.0 Å². The van der Waals surface area contributed by atoms with Gasteiger partial charge in [-0.3, -0.25) is 13.9 Å². The van der Waals surface area contributed by atoms with Crippen LogP contribution < -0.4 is 9.62 Å². The molecular formula is C39H44ClN3O4S. The van der Waals surface area contributed by atoms with Crippen LogP contribution in [0, 0.1) is 20.8 Å². The number of hydrogen-bond acceptors (Lipinski definition) is 4. The van der Waals surface area contributed by atoms with Gasteiger partial charge in [0.1, 0.15) is 12.6 Å². The first kappa shape index (κ1) is 35.2. The fraction of sp³-hybridized carbons (Fsp3) is 0.333. The van der Waals surface area contributed by atoms with E-state index >= 15 is 0 Å². The summed E-state index contributed by atoms with van der Waals surface area (Å²) in [7, 11) is -4.21. The fourth-order valence-corrected chi connectivity index (χ4v) is 7.67. The maximum absolute atomic E-state index is 14.7. The van der Waals surface area contributed by atoms with Crippen molar-refractivity contribution in [1.82, 2.24) is 10.2 Å². The van der Waals surface area contributed by atoms with E-state index in [4.69, 9.17) is 11.6 Å². The molecule has 4 aromatic rings. The Bertz CT molecular complexity index is 1810. The summed E-state index contributed by atoms with van der Waals surface area (Å²) in [6.07, 6.45) is 5.31. The molecule has 1 aliphatic rings. The highest BCUT2D eigenvalue weighted by Gasteiger charge is 2.35. The molecule has 1 aliphatic carbocycles. The van der Waals surface area contributed by atoms with Gasteiger partial charge in [0.05, 0.1) is 10.6 Å². The van der Waals surface area contributed by atoms with E-state index in [0.717, 1.165) is 64.2 Å². The molecule has 0 unspecified atom stereocenters. The van der Waals surface area contributed by atoms with Crippen LogP contribution in [0.1, 0.15) is 59.9 Å². The Hall–Kier alpha value is -4.14. The summed E-state index contributed by atoms with van der Waals surface area (Å²) in [5.41, 5.74) is 4.76. The van der Waals surface area contributed by atoms with Crippen LogP contribution in [0.4, 0.5) is 5.69 Å². The van der Waals surface area contributed by atoms with E-state index in [-0.39, 0.29) is 35.5 Å². The topological polar surface area (TPSA) is 86.8 Å². The van der Waals surface area contributed by atoms with Crippen molar-refractivity contribution in [3.8, 4) is 0 Å². The standard InChI is InChI=1S/C39H44ClN3O4S/c1-28-14-19-32(20-15-28)26-42(37(24-31-10-6-4-7-11-31)39(45)41-33-12-8-5-9-13-33)38(44)27-43(34-21-18-30(3)36(40)25-34)48(46,47)35-22-16-29(2)17-23-35/h4,6-7,10-11,14-23,25,33,37H,5,8-9,12-13,24,26-27H2,1-3H3,(H,41,45)/t37-/m1/s1. The number of rotatable bonds is 12. The van der Waals surface area contributed by atoms with Gasteiger partial charge in [-0.15, -0.1) is 0 Å². The number of carbonyl (C=O) groups excluding carboxylic acids is 2. The summed E-state index contributed by atoms with van der Waals surface area (Å²) >= 11 is 6.50. The molecule has 4 aromatic carbocycles. The average molecular weight is 686 g/mol. The second kappa shape index (κ2) is 15.8. The number of nitrogens with zero attached hydrogens (tertiary/aromatic N) is 2. The van der Waals surface area contributed by atoms with Gasteiger partial charge in [0, 0.05) is 24.0 Å². The number of aryl methyl sites for hydroxylation is 3. The Morgan fingerprint density at radius 3 is 2.06 bits per heavy atom. The maximum atomic E-state index is 14.7. The lowest BCUT2D eigenvalue weighted by Gasteiger charge is -2.35. The van der Waals surface area contributed by atoms with Gasteiger partial charge in [-0.2, -0.15) is 0 Å². The van der Waals surface area contributed by atoms with Crippen LogP contribution in [0.2, 0.25) is 5.02 Å². The molecular weight excluding hydrogens is 642 g/mol. The zero-order valence-electron chi connectivity index (χ0n) is 27.9. The van der Waals surface area contributed by atoms with Gasteiger partial charge in [0.25, 0.3) is 10.0 Å². The van der Waals surface area contributed by atoms with Crippen molar-refractivity contribution in [2.24, 2.45) is 0 Å². The number of benzene rings is 4. The van der Waals surface area contributed by atoms with Crippen molar-refractivity contribution >= 4 is 39.1 Å². The summed E-state index contributed by atoms with van der Waals surface area (Å²) in [6.45, 7) is 5.30. The molecule has 0 bridgehead atoms. The van der Waals surface area contributed by atoms with E-state index in [2.05, 4.69) is 5.32 Å². The summed E-state index contributed by atoms with van der Waals surface area (Å²) in [6, 6.07) is 28.1. The van der Waals surface area contributed by atoms with E-state index in [1.165, 1.54) is 12.1 Å². The third-order valence-electron chi connectivity index (χ3n) is 9.03. The van der Waals surface area contributed by atoms with E-state index in [9.17, 15) is 18.0 Å². The zero-order valence-corrected chi connectivity index (χ0v) is 29.4. The minimum atomic E-state index is -4.21. The minimum Gasteiger partial charge on any atom is -0.352 e. The Morgan fingerprint density at radius 1 is 0.812 bits per heavy atom. The van der Waals surface area contributed by atoms with Crippen LogP contribution in [0.15, 0.2) is 102 Å². The number of halogens is 1. The number of nitrogens with one attached hydrogen (secondary N) is 1. The van der Waals surface area contributed by atoms with Crippen LogP contribution in [-0.4, -0.2) is 43.8 Å². The normalized spacial score (nSPS) is 14.2. The molecule has 1 saturated carbocycles. The summed E-state index contributed by atoms with van der Waals surface area (Å²) in [4.78, 5) is 30.6. The van der Waals surface area contributed by atoms with Crippen molar-refractivity contribution in [1.29, 1.82) is 0 Å². The monoisotopic (exact) mass is 685 g/mol. The summed E-state index contributed by atoms with van der Waals surface area (Å²) in [5.74, 6) is -0.736. The van der Waals surface area contributed by atoms with E-state index < -0.39 is 28.5 Å². The molecule has 0 heterocycles. The molecule has 0 aliphatic heterocycles. The quantitative estimate of drug-likeness (QED) is 0.167. The summed E-state index contributed by atoms with van der Waals surface area (Å²) in [5, 5.41) is 3.63. The zero-order chi connectivity index (χ0) is 34.3. The van der Waals surface area contributed by atoms with Crippen molar-refractivity contribution in [2.75, 3.05) is 10.8 Å². The van der Waals surface area contributed by atoms with Gasteiger partial charge in [0.15, 0.2) is 0 Å². The molecule has 0 radical (unpaired) electrons. The first-order chi connectivity index (χ1) is 23.0. The van der Waals surface area contributed by atoms with Gasteiger partial charge >= 0.3 is 0 Å². The highest BCUT2D eigenvalue weighted by molar-refractivity contribution is 7.92. The van der Waals surface area contributed by atoms with Crippen LogP contribution in [-0.2, 0) is 32.6 Å². The maximum Gasteiger partial charge on any atom is 0.264 e. The van der Waals surface area contributed by atoms with Crippen molar-refractivity contribution in [2.45, 2.75) is 82.8 Å². The SMILES string of the molecule is Cc1ccc(CN(C(=O)CN(c2ccc(C)c(Cl)c2)S(=O)(=O)c2ccc(C)cc2)[C@H](Cc2ccccc2)C(=O)NC2CCCCC2)cc1. The number of sulfonamides is 1. The molecule has 0 aromatic heterocycles. The Morgan fingerprint density at radius 2 is 1.44 bits per heavy atom. The molecule has 7 nitrogen and oxygen atoms in total. The molecule has 2 amide bonds. The highest BCUT2D eigenvalue weighted by Crippen LogP contribution is 2.29. The third-order valence-corrected chi connectivity index (χ3v) is 11.2. The first-order valence-corrected chi connectivity index (χ1v) is 18.4. The predicted octanol–water partition coefficient (Wildman–Crippen LogP) is 7.55. The van der Waals surface area contributed by atoms with E-state index in [0.29, 0.717) is 5.02 Å². The number of anilines is 1. The molecule has 0 saturated heterocycles. The fourth-order valence-electron chi connectivity index (χ4n) is 6.09. The minimum absolute atomic E-state index is 0.0361. The Kier molecular flexibility index (Phi) is 11.6. The van der Waals surface area contributed by atoms with Gasteiger partial charge in [0.2, 0.25) is 11.8 Å². The smallest absolute Gasteiger partial charge is 0.264 e. The summed E-state index contributed by atoms with van der Waals surface area (Å²) < 4.78 is 29.7. The second-order valence-electron chi connectivity index (χ2n) is 12.8. The predicted molar refractivity (Wildman–Crippen MR) is 193 cm³/mol. The van der Waals surface area contributed by atoms with E-state index in [1.807, 2.05) is 75.4 Å². The molecule has 252 valence electrons. The van der Waals surface area contributed by atoms with Crippen LogP contribution in [0.5, 0.6) is 0 Å². The molecule has 1 fully saturated rings. The molecule has 48 heavy (non-hydrogen) atoms. The van der Waals surface area contributed by atoms with Gasteiger partial charge in [-0.05, 0) is 74.6 Å². The Balaban J connectivity index is 1.57.